The second-order valence-corrected chi connectivity index (χ2v) is 5.24. The predicted molar refractivity (Wildman–Crippen MR) is 78.1 cm³/mol. The van der Waals surface area contributed by atoms with Crippen LogP contribution in [-0.2, 0) is 6.42 Å². The molecule has 1 unspecified atom stereocenters. The Morgan fingerprint density at radius 2 is 1.85 bits per heavy atom. The van der Waals surface area contributed by atoms with Crippen molar-refractivity contribution in [2.45, 2.75) is 19.4 Å². The van der Waals surface area contributed by atoms with Crippen molar-refractivity contribution in [1.29, 1.82) is 0 Å². The van der Waals surface area contributed by atoms with Crippen molar-refractivity contribution in [2.75, 3.05) is 7.05 Å². The molecule has 0 fully saturated rings. The van der Waals surface area contributed by atoms with Crippen LogP contribution in [0.4, 0.5) is 8.78 Å². The van der Waals surface area contributed by atoms with Crippen molar-refractivity contribution in [3.8, 4) is 0 Å². The highest BCUT2D eigenvalue weighted by molar-refractivity contribution is 6.30. The van der Waals surface area contributed by atoms with Crippen LogP contribution in [0.25, 0.3) is 0 Å². The third-order valence-corrected chi connectivity index (χ3v) is 3.55. The number of rotatable bonds is 4. The lowest BCUT2D eigenvalue weighted by molar-refractivity contribution is 0.519. The number of aryl methyl sites for hydroxylation is 1. The van der Waals surface area contributed by atoms with Crippen molar-refractivity contribution >= 4 is 11.6 Å². The van der Waals surface area contributed by atoms with Gasteiger partial charge in [-0.05, 0) is 55.8 Å². The molecule has 4 heteroatoms. The summed E-state index contributed by atoms with van der Waals surface area (Å²) in [7, 11) is 1.73. The van der Waals surface area contributed by atoms with Gasteiger partial charge in [0.05, 0.1) is 0 Å². The van der Waals surface area contributed by atoms with E-state index in [1.54, 1.807) is 19.2 Å². The molecular formula is C16H16ClF2N. The van der Waals surface area contributed by atoms with Crippen LogP contribution in [0.3, 0.4) is 0 Å². The van der Waals surface area contributed by atoms with Gasteiger partial charge < -0.3 is 5.32 Å². The van der Waals surface area contributed by atoms with Crippen LogP contribution in [0.5, 0.6) is 0 Å². The maximum absolute atomic E-state index is 14.0. The molecule has 0 saturated carbocycles. The summed E-state index contributed by atoms with van der Waals surface area (Å²) in [5.74, 6) is -0.617. The van der Waals surface area contributed by atoms with Gasteiger partial charge in [0.1, 0.15) is 11.6 Å². The normalized spacial score (nSPS) is 12.4. The molecule has 106 valence electrons. The molecule has 1 atom stereocenters. The maximum Gasteiger partial charge on any atom is 0.128 e. The molecule has 0 bridgehead atoms. The van der Waals surface area contributed by atoms with Crippen molar-refractivity contribution in [2.24, 2.45) is 0 Å². The SMILES string of the molecule is CNC(Cc1cc(Cl)ccc1F)c1ccc(C)cc1F. The zero-order chi connectivity index (χ0) is 14.7. The molecule has 2 aromatic carbocycles. The third-order valence-electron chi connectivity index (χ3n) is 3.31. The monoisotopic (exact) mass is 295 g/mol. The molecule has 0 aromatic heterocycles. The van der Waals surface area contributed by atoms with Crippen molar-refractivity contribution in [1.82, 2.24) is 5.32 Å². The van der Waals surface area contributed by atoms with E-state index in [9.17, 15) is 8.78 Å². The van der Waals surface area contributed by atoms with Crippen LogP contribution in [-0.4, -0.2) is 7.05 Å². The Kier molecular flexibility index (Phi) is 4.73. The number of benzene rings is 2. The minimum absolute atomic E-state index is 0.285. The van der Waals surface area contributed by atoms with E-state index in [2.05, 4.69) is 5.32 Å². The zero-order valence-corrected chi connectivity index (χ0v) is 12.1. The van der Waals surface area contributed by atoms with Crippen LogP contribution in [0.1, 0.15) is 22.7 Å². The Hall–Kier alpha value is -1.45. The van der Waals surface area contributed by atoms with Gasteiger partial charge in [-0.25, -0.2) is 8.78 Å². The molecule has 0 saturated heterocycles. The van der Waals surface area contributed by atoms with Gasteiger partial charge in [0, 0.05) is 16.6 Å². The van der Waals surface area contributed by atoms with Crippen LogP contribution in [0, 0.1) is 18.6 Å². The van der Waals surface area contributed by atoms with Gasteiger partial charge in [-0.1, -0.05) is 23.7 Å². The van der Waals surface area contributed by atoms with Gasteiger partial charge in [-0.2, -0.15) is 0 Å². The standard InChI is InChI=1S/C16H16ClF2N/c1-10-3-5-13(15(19)7-10)16(20-2)9-11-8-12(17)4-6-14(11)18/h3-8,16,20H,9H2,1-2H3. The average molecular weight is 296 g/mol. The van der Waals surface area contributed by atoms with E-state index in [-0.39, 0.29) is 17.7 Å². The lowest BCUT2D eigenvalue weighted by Gasteiger charge is -2.18. The molecule has 2 rings (SSSR count). The van der Waals surface area contributed by atoms with Gasteiger partial charge >= 0.3 is 0 Å². The van der Waals surface area contributed by atoms with Gasteiger partial charge in [-0.15, -0.1) is 0 Å². The van der Waals surface area contributed by atoms with Crippen molar-refractivity contribution < 1.29 is 8.78 Å². The van der Waals surface area contributed by atoms with E-state index in [1.165, 1.54) is 18.2 Å². The lowest BCUT2D eigenvalue weighted by Crippen LogP contribution is -2.20. The molecule has 2 aromatic rings. The Morgan fingerprint density at radius 1 is 1.10 bits per heavy atom. The van der Waals surface area contributed by atoms with Gasteiger partial charge in [0.2, 0.25) is 0 Å². The minimum Gasteiger partial charge on any atom is -0.313 e. The molecule has 20 heavy (non-hydrogen) atoms. The Labute approximate surface area is 122 Å². The molecule has 0 spiro atoms. The fraction of sp³-hybridized carbons (Fsp3) is 0.250. The summed E-state index contributed by atoms with van der Waals surface area (Å²) in [5.41, 5.74) is 1.85. The highest BCUT2D eigenvalue weighted by atomic mass is 35.5. The molecule has 0 heterocycles. The molecule has 0 amide bonds. The first-order chi connectivity index (χ1) is 9.51. The summed E-state index contributed by atoms with van der Waals surface area (Å²) in [4.78, 5) is 0. The highest BCUT2D eigenvalue weighted by Crippen LogP contribution is 2.24. The van der Waals surface area contributed by atoms with Crippen LogP contribution in [0.15, 0.2) is 36.4 Å². The molecule has 0 radical (unpaired) electrons. The highest BCUT2D eigenvalue weighted by Gasteiger charge is 2.16. The lowest BCUT2D eigenvalue weighted by atomic mass is 9.97. The van der Waals surface area contributed by atoms with Crippen LogP contribution < -0.4 is 5.32 Å². The fourth-order valence-corrected chi connectivity index (χ4v) is 2.40. The first kappa shape index (κ1) is 14.9. The third kappa shape index (κ3) is 3.35. The van der Waals surface area contributed by atoms with E-state index in [4.69, 9.17) is 11.6 Å². The molecule has 1 nitrogen and oxygen atoms in total. The van der Waals surface area contributed by atoms with E-state index in [0.717, 1.165) is 5.56 Å². The number of likely N-dealkylation sites (N-methyl/N-ethyl adjacent to an activating group) is 1. The Bertz CT molecular complexity index is 613. The van der Waals surface area contributed by atoms with E-state index in [1.807, 2.05) is 13.0 Å². The quantitative estimate of drug-likeness (QED) is 0.880. The second-order valence-electron chi connectivity index (χ2n) is 4.81. The fourth-order valence-electron chi connectivity index (χ4n) is 2.20. The Morgan fingerprint density at radius 3 is 2.50 bits per heavy atom. The van der Waals surface area contributed by atoms with Gasteiger partial charge in [-0.3, -0.25) is 0 Å². The van der Waals surface area contributed by atoms with E-state index >= 15 is 0 Å². The van der Waals surface area contributed by atoms with Crippen LogP contribution >= 0.6 is 11.6 Å². The first-order valence-corrected chi connectivity index (χ1v) is 6.76. The molecule has 1 N–H and O–H groups in total. The van der Waals surface area contributed by atoms with E-state index < -0.39 is 0 Å². The van der Waals surface area contributed by atoms with Crippen LogP contribution in [0.2, 0.25) is 5.02 Å². The average Bonchev–Trinajstić information content (AvgIpc) is 2.40. The molecule has 0 aliphatic heterocycles. The number of hydrogen-bond donors (Lipinski definition) is 1. The number of nitrogens with one attached hydrogen (secondary N) is 1. The summed E-state index contributed by atoms with van der Waals surface area (Å²) in [6, 6.07) is 9.16. The van der Waals surface area contributed by atoms with Crippen molar-refractivity contribution in [3.63, 3.8) is 0 Å². The summed E-state index contributed by atoms with van der Waals surface area (Å²) in [5, 5.41) is 3.50. The zero-order valence-electron chi connectivity index (χ0n) is 11.4. The summed E-state index contributed by atoms with van der Waals surface area (Å²) in [6.07, 6.45) is 0.336. The predicted octanol–water partition coefficient (Wildman–Crippen LogP) is 4.43. The first-order valence-electron chi connectivity index (χ1n) is 6.38. The molecule has 0 aliphatic carbocycles. The maximum atomic E-state index is 14.0. The van der Waals surface area contributed by atoms with Gasteiger partial charge in [0.25, 0.3) is 0 Å². The number of hydrogen-bond acceptors (Lipinski definition) is 1. The summed E-state index contributed by atoms with van der Waals surface area (Å²) < 4.78 is 27.8. The summed E-state index contributed by atoms with van der Waals surface area (Å²) >= 11 is 5.88. The van der Waals surface area contributed by atoms with E-state index in [0.29, 0.717) is 22.6 Å². The van der Waals surface area contributed by atoms with Crippen molar-refractivity contribution in [3.05, 3.63) is 69.7 Å². The minimum atomic E-state index is -0.331. The van der Waals surface area contributed by atoms with Gasteiger partial charge in [0.15, 0.2) is 0 Å². The largest absolute Gasteiger partial charge is 0.313 e. The topological polar surface area (TPSA) is 12.0 Å². The second kappa shape index (κ2) is 6.33. The molecular weight excluding hydrogens is 280 g/mol. The summed E-state index contributed by atoms with van der Waals surface area (Å²) in [6.45, 7) is 1.83. The Balaban J connectivity index is 2.31. The number of halogens is 3. The molecule has 0 aliphatic rings. The smallest absolute Gasteiger partial charge is 0.128 e.